The first-order valence-corrected chi connectivity index (χ1v) is 10.3. The lowest BCUT2D eigenvalue weighted by Gasteiger charge is -2.32. The monoisotopic (exact) mass is 427 g/mol. The van der Waals surface area contributed by atoms with E-state index in [1.807, 2.05) is 83.4 Å². The lowest BCUT2D eigenvalue weighted by molar-refractivity contribution is -0.154. The summed E-state index contributed by atoms with van der Waals surface area (Å²) in [5.74, 6) is -1.00. The van der Waals surface area contributed by atoms with Gasteiger partial charge in [-0.15, -0.1) is 0 Å². The Bertz CT molecular complexity index is 1280. The SMILES string of the molecule is COc1ccc(C2C(C(=O)OCc3ccccc3)C(=O)Nc3nc4ccccc4n32)cc1. The molecule has 1 aliphatic heterocycles. The molecule has 7 nitrogen and oxygen atoms in total. The van der Waals surface area contributed by atoms with E-state index in [0.29, 0.717) is 11.7 Å². The zero-order chi connectivity index (χ0) is 22.1. The Morgan fingerprint density at radius 2 is 1.72 bits per heavy atom. The van der Waals surface area contributed by atoms with Crippen molar-refractivity contribution < 1.29 is 19.1 Å². The number of imidazole rings is 1. The summed E-state index contributed by atoms with van der Waals surface area (Å²) >= 11 is 0. The zero-order valence-electron chi connectivity index (χ0n) is 17.4. The van der Waals surface area contributed by atoms with Crippen LogP contribution < -0.4 is 10.1 Å². The molecule has 2 atom stereocenters. The highest BCUT2D eigenvalue weighted by Crippen LogP contribution is 2.39. The molecule has 1 amide bonds. The van der Waals surface area contributed by atoms with Crippen molar-refractivity contribution in [2.45, 2.75) is 12.6 Å². The highest BCUT2D eigenvalue weighted by atomic mass is 16.5. The Labute approximate surface area is 184 Å². The lowest BCUT2D eigenvalue weighted by atomic mass is 9.90. The molecule has 2 heterocycles. The summed E-state index contributed by atoms with van der Waals surface area (Å²) < 4.78 is 12.8. The number of hydrogen-bond donors (Lipinski definition) is 1. The minimum Gasteiger partial charge on any atom is -0.497 e. The van der Waals surface area contributed by atoms with Crippen LogP contribution in [0.2, 0.25) is 0 Å². The Morgan fingerprint density at radius 1 is 1.00 bits per heavy atom. The molecule has 1 aromatic heterocycles. The van der Waals surface area contributed by atoms with Crippen molar-refractivity contribution in [3.63, 3.8) is 0 Å². The van der Waals surface area contributed by atoms with Gasteiger partial charge in [0.25, 0.3) is 0 Å². The number of methoxy groups -OCH3 is 1. The third-order valence-corrected chi connectivity index (χ3v) is 5.64. The lowest BCUT2D eigenvalue weighted by Crippen LogP contribution is -2.43. The Balaban J connectivity index is 1.57. The summed E-state index contributed by atoms with van der Waals surface area (Å²) in [5.41, 5.74) is 3.20. The molecule has 1 aliphatic rings. The Morgan fingerprint density at radius 3 is 2.47 bits per heavy atom. The topological polar surface area (TPSA) is 82.4 Å². The molecule has 7 heteroatoms. The van der Waals surface area contributed by atoms with Gasteiger partial charge < -0.3 is 14.0 Å². The van der Waals surface area contributed by atoms with Crippen LogP contribution in [0.4, 0.5) is 5.95 Å². The maximum absolute atomic E-state index is 13.2. The van der Waals surface area contributed by atoms with Crippen molar-refractivity contribution in [3.05, 3.63) is 90.0 Å². The molecule has 4 aromatic rings. The smallest absolute Gasteiger partial charge is 0.321 e. The number of carbonyl (C=O) groups excluding carboxylic acids is 2. The predicted molar refractivity (Wildman–Crippen MR) is 119 cm³/mol. The second-order valence-corrected chi connectivity index (χ2v) is 7.57. The van der Waals surface area contributed by atoms with Crippen molar-refractivity contribution in [2.24, 2.45) is 5.92 Å². The molecule has 0 fully saturated rings. The van der Waals surface area contributed by atoms with Gasteiger partial charge in [-0.1, -0.05) is 54.6 Å². The van der Waals surface area contributed by atoms with E-state index in [2.05, 4.69) is 10.3 Å². The van der Waals surface area contributed by atoms with Gasteiger partial charge in [0.2, 0.25) is 11.9 Å². The predicted octanol–water partition coefficient (Wildman–Crippen LogP) is 3.95. The Kier molecular flexibility index (Phi) is 5.07. The molecule has 5 rings (SSSR count). The van der Waals surface area contributed by atoms with Crippen LogP contribution in [-0.4, -0.2) is 28.5 Å². The maximum Gasteiger partial charge on any atom is 0.321 e. The number of aromatic nitrogens is 2. The first-order chi connectivity index (χ1) is 15.7. The Hall–Kier alpha value is -4.13. The van der Waals surface area contributed by atoms with Crippen LogP contribution in [0.3, 0.4) is 0 Å². The van der Waals surface area contributed by atoms with E-state index in [4.69, 9.17) is 9.47 Å². The molecule has 0 bridgehead atoms. The number of hydrogen-bond acceptors (Lipinski definition) is 5. The third kappa shape index (κ3) is 3.47. The van der Waals surface area contributed by atoms with Gasteiger partial charge in [0.1, 0.15) is 12.4 Å². The van der Waals surface area contributed by atoms with Gasteiger partial charge in [-0.25, -0.2) is 4.98 Å². The van der Waals surface area contributed by atoms with Crippen molar-refractivity contribution in [1.82, 2.24) is 9.55 Å². The molecule has 0 saturated carbocycles. The van der Waals surface area contributed by atoms with Crippen LogP contribution in [0, 0.1) is 5.92 Å². The fourth-order valence-electron chi connectivity index (χ4n) is 4.09. The van der Waals surface area contributed by atoms with Crippen LogP contribution in [0.5, 0.6) is 5.75 Å². The van der Waals surface area contributed by atoms with Crippen LogP contribution in [0.1, 0.15) is 17.2 Å². The van der Waals surface area contributed by atoms with Crippen molar-refractivity contribution in [2.75, 3.05) is 12.4 Å². The summed E-state index contributed by atoms with van der Waals surface area (Å²) in [7, 11) is 1.59. The minimum absolute atomic E-state index is 0.0936. The van der Waals surface area contributed by atoms with Crippen molar-refractivity contribution in [3.8, 4) is 5.75 Å². The molecule has 2 unspecified atom stereocenters. The normalized spacial score (nSPS) is 17.5. The van der Waals surface area contributed by atoms with E-state index in [1.165, 1.54) is 0 Å². The molecule has 3 aromatic carbocycles. The average molecular weight is 427 g/mol. The summed E-state index contributed by atoms with van der Waals surface area (Å²) in [6.45, 7) is 0.0936. The summed E-state index contributed by atoms with van der Waals surface area (Å²) in [5, 5.41) is 2.79. The van der Waals surface area contributed by atoms with Gasteiger partial charge in [-0.2, -0.15) is 0 Å². The van der Waals surface area contributed by atoms with Crippen LogP contribution in [0.15, 0.2) is 78.9 Å². The number of carbonyl (C=O) groups is 2. The van der Waals surface area contributed by atoms with E-state index in [-0.39, 0.29) is 6.61 Å². The maximum atomic E-state index is 13.2. The van der Waals surface area contributed by atoms with Gasteiger partial charge in [-0.05, 0) is 35.4 Å². The molecular formula is C25H21N3O4. The molecule has 0 spiro atoms. The molecule has 1 N–H and O–H groups in total. The fourth-order valence-corrected chi connectivity index (χ4v) is 4.09. The molecule has 160 valence electrons. The standard InChI is InChI=1S/C25H21N3O4/c1-31-18-13-11-17(12-14-18)22-21(24(30)32-15-16-7-3-2-4-8-16)23(29)27-25-26-19-9-5-6-10-20(19)28(22)25/h2-14,21-22H,15H2,1H3,(H,26,27,29). The van der Waals surface area contributed by atoms with Gasteiger partial charge in [-0.3, -0.25) is 14.9 Å². The van der Waals surface area contributed by atoms with E-state index in [9.17, 15) is 9.59 Å². The average Bonchev–Trinajstić information content (AvgIpc) is 3.20. The number of esters is 1. The van der Waals surface area contributed by atoms with E-state index in [1.54, 1.807) is 7.11 Å². The molecule has 0 saturated heterocycles. The highest BCUT2D eigenvalue weighted by molar-refractivity contribution is 6.07. The number of nitrogens with zero attached hydrogens (tertiary/aromatic N) is 2. The number of para-hydroxylation sites is 2. The number of amides is 1. The number of anilines is 1. The summed E-state index contributed by atoms with van der Waals surface area (Å²) in [6.07, 6.45) is 0. The molecular weight excluding hydrogens is 406 g/mol. The number of fused-ring (bicyclic) bond motifs is 3. The van der Waals surface area contributed by atoms with Crippen molar-refractivity contribution in [1.29, 1.82) is 0 Å². The van der Waals surface area contributed by atoms with Gasteiger partial charge in [0, 0.05) is 0 Å². The number of ether oxygens (including phenoxy) is 2. The highest BCUT2D eigenvalue weighted by Gasteiger charge is 2.44. The van der Waals surface area contributed by atoms with Gasteiger partial charge >= 0.3 is 5.97 Å². The zero-order valence-corrected chi connectivity index (χ0v) is 17.4. The number of nitrogens with one attached hydrogen (secondary N) is 1. The summed E-state index contributed by atoms with van der Waals surface area (Å²) in [6, 6.07) is 23.7. The molecule has 0 radical (unpaired) electrons. The fraction of sp³-hybridized carbons (Fsp3) is 0.160. The van der Waals surface area contributed by atoms with E-state index in [0.717, 1.165) is 22.2 Å². The second-order valence-electron chi connectivity index (χ2n) is 7.57. The van der Waals surface area contributed by atoms with Gasteiger partial charge in [0.05, 0.1) is 24.2 Å². The van der Waals surface area contributed by atoms with Crippen LogP contribution >= 0.6 is 0 Å². The number of rotatable bonds is 5. The number of benzene rings is 3. The van der Waals surface area contributed by atoms with Gasteiger partial charge in [0.15, 0.2) is 5.92 Å². The third-order valence-electron chi connectivity index (χ3n) is 5.64. The summed E-state index contributed by atoms with van der Waals surface area (Å²) in [4.78, 5) is 30.9. The van der Waals surface area contributed by atoms with Crippen LogP contribution in [0.25, 0.3) is 11.0 Å². The minimum atomic E-state index is -1.07. The molecule has 0 aliphatic carbocycles. The first-order valence-electron chi connectivity index (χ1n) is 10.3. The van der Waals surface area contributed by atoms with Crippen molar-refractivity contribution >= 4 is 28.9 Å². The van der Waals surface area contributed by atoms with E-state index < -0.39 is 23.8 Å². The largest absolute Gasteiger partial charge is 0.497 e. The molecule has 32 heavy (non-hydrogen) atoms. The van der Waals surface area contributed by atoms with E-state index >= 15 is 0 Å². The first kappa shape index (κ1) is 19.8. The quantitative estimate of drug-likeness (QED) is 0.385. The van der Waals surface area contributed by atoms with Crippen LogP contribution in [-0.2, 0) is 20.9 Å². The second kappa shape index (κ2) is 8.19.